The number of rotatable bonds is 4. The van der Waals surface area contributed by atoms with Crippen LogP contribution in [-0.4, -0.2) is 32.1 Å². The number of esters is 1. The molecule has 1 heterocycles. The Balaban J connectivity index is 2.69. The lowest BCUT2D eigenvalue weighted by atomic mass is 10.3. The molecule has 1 rings (SSSR count). The predicted molar refractivity (Wildman–Crippen MR) is 59.8 cm³/mol. The molecule has 16 heavy (non-hydrogen) atoms. The van der Waals surface area contributed by atoms with Crippen LogP contribution in [0.25, 0.3) is 0 Å². The van der Waals surface area contributed by atoms with Crippen LogP contribution in [0.3, 0.4) is 0 Å². The molecule has 0 aromatic carbocycles. The van der Waals surface area contributed by atoms with Gasteiger partial charge in [-0.2, -0.15) is 0 Å². The minimum Gasteiger partial charge on any atom is -0.495 e. The Morgan fingerprint density at radius 2 is 2.12 bits per heavy atom. The molecule has 0 radical (unpaired) electrons. The number of amides is 1. The second-order valence-electron chi connectivity index (χ2n) is 3.04. The highest BCUT2D eigenvalue weighted by Gasteiger charge is 2.20. The van der Waals surface area contributed by atoms with E-state index in [0.717, 1.165) is 0 Å². The van der Waals surface area contributed by atoms with Crippen molar-refractivity contribution in [2.75, 3.05) is 14.2 Å². The van der Waals surface area contributed by atoms with Crippen LogP contribution in [0.2, 0.25) is 0 Å². The number of methoxy groups -OCH3 is 2. The molecule has 0 spiro atoms. The minimum atomic E-state index is -0.677. The molecule has 0 saturated heterocycles. The molecule has 0 aliphatic carbocycles. The summed E-state index contributed by atoms with van der Waals surface area (Å²) in [4.78, 5) is 23.3. The largest absolute Gasteiger partial charge is 0.495 e. The van der Waals surface area contributed by atoms with Gasteiger partial charge in [-0.15, -0.1) is 11.3 Å². The van der Waals surface area contributed by atoms with E-state index in [1.807, 2.05) is 0 Å². The topological polar surface area (TPSA) is 64.6 Å². The zero-order valence-corrected chi connectivity index (χ0v) is 10.1. The van der Waals surface area contributed by atoms with Crippen molar-refractivity contribution in [3.63, 3.8) is 0 Å². The first-order chi connectivity index (χ1) is 7.60. The van der Waals surface area contributed by atoms with Gasteiger partial charge in [0.1, 0.15) is 16.7 Å². The Bertz CT molecular complexity index is 388. The molecule has 0 aliphatic rings. The van der Waals surface area contributed by atoms with Crippen LogP contribution < -0.4 is 10.1 Å². The van der Waals surface area contributed by atoms with Gasteiger partial charge >= 0.3 is 5.97 Å². The average molecular weight is 243 g/mol. The molecule has 6 heteroatoms. The van der Waals surface area contributed by atoms with Crippen molar-refractivity contribution in [1.82, 2.24) is 5.32 Å². The lowest BCUT2D eigenvalue weighted by Crippen LogP contribution is -2.38. The van der Waals surface area contributed by atoms with Gasteiger partial charge in [0.25, 0.3) is 5.91 Å². The first-order valence-electron chi connectivity index (χ1n) is 4.60. The van der Waals surface area contributed by atoms with Gasteiger partial charge in [0.15, 0.2) is 0 Å². The number of nitrogens with one attached hydrogen (secondary N) is 1. The highest BCUT2D eigenvalue weighted by atomic mass is 32.1. The maximum atomic E-state index is 11.7. The number of carbonyl (C=O) groups is 2. The van der Waals surface area contributed by atoms with Crippen molar-refractivity contribution in [1.29, 1.82) is 0 Å². The molecule has 88 valence electrons. The van der Waals surface area contributed by atoms with Crippen molar-refractivity contribution in [2.45, 2.75) is 13.0 Å². The van der Waals surface area contributed by atoms with E-state index in [2.05, 4.69) is 10.1 Å². The van der Waals surface area contributed by atoms with Gasteiger partial charge in [-0.3, -0.25) is 4.79 Å². The van der Waals surface area contributed by atoms with Gasteiger partial charge < -0.3 is 14.8 Å². The lowest BCUT2D eigenvalue weighted by Gasteiger charge is -2.11. The average Bonchev–Trinajstić information content (AvgIpc) is 2.75. The lowest BCUT2D eigenvalue weighted by molar-refractivity contribution is -0.142. The smallest absolute Gasteiger partial charge is 0.328 e. The maximum Gasteiger partial charge on any atom is 0.328 e. The summed E-state index contributed by atoms with van der Waals surface area (Å²) in [7, 11) is 2.76. The van der Waals surface area contributed by atoms with Crippen molar-refractivity contribution < 1.29 is 19.1 Å². The van der Waals surface area contributed by atoms with Crippen LogP contribution in [0.15, 0.2) is 11.4 Å². The van der Waals surface area contributed by atoms with E-state index < -0.39 is 12.0 Å². The first kappa shape index (κ1) is 12.5. The van der Waals surface area contributed by atoms with Crippen LogP contribution in [0, 0.1) is 0 Å². The second kappa shape index (κ2) is 5.50. The molecule has 0 aliphatic heterocycles. The molecule has 0 fully saturated rings. The van der Waals surface area contributed by atoms with E-state index in [9.17, 15) is 9.59 Å². The van der Waals surface area contributed by atoms with Crippen LogP contribution in [0.5, 0.6) is 5.75 Å². The number of hydrogen-bond donors (Lipinski definition) is 1. The summed E-state index contributed by atoms with van der Waals surface area (Å²) in [5.41, 5.74) is 0. The highest BCUT2D eigenvalue weighted by Crippen LogP contribution is 2.24. The summed E-state index contributed by atoms with van der Waals surface area (Å²) < 4.78 is 9.51. The summed E-state index contributed by atoms with van der Waals surface area (Å²) in [6.07, 6.45) is 0. The summed E-state index contributed by atoms with van der Waals surface area (Å²) in [5, 5.41) is 4.27. The zero-order valence-electron chi connectivity index (χ0n) is 9.27. The third-order valence-electron chi connectivity index (χ3n) is 1.96. The summed E-state index contributed by atoms with van der Waals surface area (Å²) in [6, 6.07) is 1.02. The molecule has 1 unspecified atom stereocenters. The minimum absolute atomic E-state index is 0.343. The summed E-state index contributed by atoms with van der Waals surface area (Å²) in [5.74, 6) is -0.326. The normalized spacial score (nSPS) is 11.7. The van der Waals surface area contributed by atoms with Gasteiger partial charge in [-0.1, -0.05) is 0 Å². The van der Waals surface area contributed by atoms with Crippen molar-refractivity contribution >= 4 is 23.2 Å². The summed E-state index contributed by atoms with van der Waals surface area (Å²) >= 11 is 1.25. The van der Waals surface area contributed by atoms with Gasteiger partial charge in [0, 0.05) is 0 Å². The molecular weight excluding hydrogens is 230 g/mol. The van der Waals surface area contributed by atoms with Crippen LogP contribution in [0.4, 0.5) is 0 Å². The monoisotopic (exact) mass is 243 g/mol. The van der Waals surface area contributed by atoms with E-state index in [1.165, 1.54) is 25.6 Å². The molecule has 5 nitrogen and oxygen atoms in total. The van der Waals surface area contributed by atoms with Crippen molar-refractivity contribution in [3.8, 4) is 5.75 Å². The molecule has 1 aromatic heterocycles. The maximum absolute atomic E-state index is 11.7. The number of carbonyl (C=O) groups excluding carboxylic acids is 2. The second-order valence-corrected chi connectivity index (χ2v) is 3.95. The van der Waals surface area contributed by atoms with Gasteiger partial charge in [0.05, 0.1) is 14.2 Å². The number of thiophene rings is 1. The molecular formula is C10H13NO4S. The SMILES string of the molecule is COC(=O)C(C)NC(=O)c1sccc1OC. The van der Waals surface area contributed by atoms with E-state index in [1.54, 1.807) is 18.4 Å². The Morgan fingerprint density at radius 1 is 1.44 bits per heavy atom. The number of ether oxygens (including phenoxy) is 2. The zero-order chi connectivity index (χ0) is 12.1. The van der Waals surface area contributed by atoms with Crippen LogP contribution in [-0.2, 0) is 9.53 Å². The fourth-order valence-corrected chi connectivity index (χ4v) is 1.88. The third kappa shape index (κ3) is 2.73. The summed E-state index contributed by atoms with van der Waals surface area (Å²) in [6.45, 7) is 1.56. The molecule has 1 amide bonds. The standard InChI is InChI=1S/C10H13NO4S/c1-6(10(13)15-3)11-9(12)8-7(14-2)4-5-16-8/h4-6H,1-3H3,(H,11,12). The van der Waals surface area contributed by atoms with E-state index in [0.29, 0.717) is 10.6 Å². The Kier molecular flexibility index (Phi) is 4.30. The predicted octanol–water partition coefficient (Wildman–Crippen LogP) is 1.05. The molecule has 0 saturated carbocycles. The quantitative estimate of drug-likeness (QED) is 0.803. The Hall–Kier alpha value is -1.56. The van der Waals surface area contributed by atoms with E-state index >= 15 is 0 Å². The van der Waals surface area contributed by atoms with Gasteiger partial charge in [-0.25, -0.2) is 4.79 Å². The fraction of sp³-hybridized carbons (Fsp3) is 0.400. The van der Waals surface area contributed by atoms with Crippen molar-refractivity contribution in [2.24, 2.45) is 0 Å². The van der Waals surface area contributed by atoms with Crippen molar-refractivity contribution in [3.05, 3.63) is 16.3 Å². The van der Waals surface area contributed by atoms with Crippen LogP contribution >= 0.6 is 11.3 Å². The van der Waals surface area contributed by atoms with Crippen LogP contribution in [0.1, 0.15) is 16.6 Å². The third-order valence-corrected chi connectivity index (χ3v) is 2.85. The van der Waals surface area contributed by atoms with Gasteiger partial charge in [-0.05, 0) is 18.4 Å². The molecule has 1 atom stereocenters. The van der Waals surface area contributed by atoms with Gasteiger partial charge in [0.2, 0.25) is 0 Å². The fourth-order valence-electron chi connectivity index (χ4n) is 1.12. The van der Waals surface area contributed by atoms with E-state index in [-0.39, 0.29) is 5.91 Å². The number of hydrogen-bond acceptors (Lipinski definition) is 5. The van der Waals surface area contributed by atoms with E-state index in [4.69, 9.17) is 4.74 Å². The molecule has 1 aromatic rings. The molecule has 0 bridgehead atoms. The highest BCUT2D eigenvalue weighted by molar-refractivity contribution is 7.12. The Morgan fingerprint density at radius 3 is 2.69 bits per heavy atom. The Labute approximate surface area is 97.4 Å². The molecule has 1 N–H and O–H groups in total. The first-order valence-corrected chi connectivity index (χ1v) is 5.48.